The van der Waals surface area contributed by atoms with Crippen molar-refractivity contribution in [2.24, 2.45) is 0 Å². The largest absolute Gasteiger partial charge is 0.493 e. The van der Waals surface area contributed by atoms with Crippen LogP contribution in [0, 0.1) is 20.8 Å². The summed E-state index contributed by atoms with van der Waals surface area (Å²) in [6.07, 6.45) is 0. The number of carbonyl (C=O) groups excluding carboxylic acids is 1. The molecule has 0 radical (unpaired) electrons. The SMILES string of the molecule is COc1cc(C)c(C(C)NC(=O)COc2cc(C)cc(C)c2)cc1OC. The van der Waals surface area contributed by atoms with Crippen molar-refractivity contribution in [1.29, 1.82) is 0 Å². The molecule has 26 heavy (non-hydrogen) atoms. The fourth-order valence-corrected chi connectivity index (χ4v) is 2.99. The number of hydrogen-bond acceptors (Lipinski definition) is 4. The fourth-order valence-electron chi connectivity index (χ4n) is 2.99. The molecule has 1 atom stereocenters. The van der Waals surface area contributed by atoms with E-state index in [0.717, 1.165) is 22.3 Å². The first-order valence-corrected chi connectivity index (χ1v) is 8.57. The molecule has 0 aliphatic carbocycles. The van der Waals surface area contributed by atoms with Gasteiger partial charge in [0.05, 0.1) is 20.3 Å². The van der Waals surface area contributed by atoms with Crippen molar-refractivity contribution in [3.8, 4) is 17.2 Å². The molecule has 2 aromatic carbocycles. The van der Waals surface area contributed by atoms with Gasteiger partial charge in [-0.2, -0.15) is 0 Å². The molecule has 0 saturated carbocycles. The Morgan fingerprint density at radius 2 is 1.54 bits per heavy atom. The van der Waals surface area contributed by atoms with Gasteiger partial charge < -0.3 is 19.5 Å². The normalized spacial score (nSPS) is 11.6. The Bertz CT molecular complexity index is 766. The third kappa shape index (κ3) is 4.91. The first-order chi connectivity index (χ1) is 12.3. The standard InChI is InChI=1S/C21H27NO4/c1-13-7-14(2)9-17(8-13)26-12-21(23)22-16(4)18-11-20(25-6)19(24-5)10-15(18)3/h7-11,16H,12H2,1-6H3,(H,22,23). The lowest BCUT2D eigenvalue weighted by molar-refractivity contribution is -0.123. The molecule has 1 amide bonds. The number of rotatable bonds is 7. The maximum atomic E-state index is 12.3. The van der Waals surface area contributed by atoms with Crippen LogP contribution in [-0.2, 0) is 4.79 Å². The van der Waals surface area contributed by atoms with E-state index >= 15 is 0 Å². The highest BCUT2D eigenvalue weighted by molar-refractivity contribution is 5.78. The highest BCUT2D eigenvalue weighted by Crippen LogP contribution is 2.32. The van der Waals surface area contributed by atoms with Gasteiger partial charge in [0.25, 0.3) is 5.91 Å². The number of amides is 1. The zero-order chi connectivity index (χ0) is 19.3. The smallest absolute Gasteiger partial charge is 0.258 e. The fraction of sp³-hybridized carbons (Fsp3) is 0.381. The van der Waals surface area contributed by atoms with Crippen LogP contribution in [0.25, 0.3) is 0 Å². The molecule has 0 aliphatic rings. The van der Waals surface area contributed by atoms with Gasteiger partial charge in [-0.1, -0.05) is 6.07 Å². The molecule has 2 aromatic rings. The van der Waals surface area contributed by atoms with E-state index in [4.69, 9.17) is 14.2 Å². The van der Waals surface area contributed by atoms with Crippen LogP contribution in [0.15, 0.2) is 30.3 Å². The van der Waals surface area contributed by atoms with Gasteiger partial charge in [-0.05, 0) is 74.2 Å². The van der Waals surface area contributed by atoms with E-state index in [0.29, 0.717) is 17.2 Å². The van der Waals surface area contributed by atoms with Crippen molar-refractivity contribution in [1.82, 2.24) is 5.32 Å². The molecule has 1 N–H and O–H groups in total. The zero-order valence-electron chi connectivity index (χ0n) is 16.3. The number of carbonyl (C=O) groups is 1. The first-order valence-electron chi connectivity index (χ1n) is 8.57. The Labute approximate surface area is 155 Å². The Balaban J connectivity index is 2.02. The van der Waals surface area contributed by atoms with Gasteiger partial charge in [0.1, 0.15) is 5.75 Å². The van der Waals surface area contributed by atoms with E-state index < -0.39 is 0 Å². The Morgan fingerprint density at radius 1 is 0.962 bits per heavy atom. The Morgan fingerprint density at radius 3 is 2.12 bits per heavy atom. The summed E-state index contributed by atoms with van der Waals surface area (Å²) in [5.41, 5.74) is 4.21. The van der Waals surface area contributed by atoms with Crippen molar-refractivity contribution in [3.05, 3.63) is 52.6 Å². The summed E-state index contributed by atoms with van der Waals surface area (Å²) in [5, 5.41) is 2.96. The van der Waals surface area contributed by atoms with E-state index in [2.05, 4.69) is 11.4 Å². The molecule has 0 heterocycles. The van der Waals surface area contributed by atoms with Gasteiger partial charge in [0.2, 0.25) is 0 Å². The second-order valence-electron chi connectivity index (χ2n) is 6.47. The second-order valence-corrected chi connectivity index (χ2v) is 6.47. The Kier molecular flexibility index (Phi) is 6.50. The molecule has 0 saturated heterocycles. The molecule has 2 rings (SSSR count). The van der Waals surface area contributed by atoms with Crippen molar-refractivity contribution >= 4 is 5.91 Å². The minimum atomic E-state index is -0.176. The summed E-state index contributed by atoms with van der Waals surface area (Å²) < 4.78 is 16.3. The number of hydrogen-bond donors (Lipinski definition) is 1. The molecule has 0 aromatic heterocycles. The summed E-state index contributed by atoms with van der Waals surface area (Å²) >= 11 is 0. The van der Waals surface area contributed by atoms with Crippen LogP contribution in [0.2, 0.25) is 0 Å². The monoisotopic (exact) mass is 357 g/mol. The summed E-state index contributed by atoms with van der Waals surface area (Å²) in [4.78, 5) is 12.3. The van der Waals surface area contributed by atoms with Crippen LogP contribution in [0.3, 0.4) is 0 Å². The molecule has 5 heteroatoms. The van der Waals surface area contributed by atoms with E-state index in [1.807, 2.05) is 52.0 Å². The predicted molar refractivity (Wildman–Crippen MR) is 102 cm³/mol. The van der Waals surface area contributed by atoms with Gasteiger partial charge in [-0.3, -0.25) is 4.79 Å². The minimum absolute atomic E-state index is 0.0282. The maximum Gasteiger partial charge on any atom is 0.258 e. The number of aryl methyl sites for hydroxylation is 3. The maximum absolute atomic E-state index is 12.3. The van der Waals surface area contributed by atoms with E-state index in [9.17, 15) is 4.79 Å². The molecule has 0 bridgehead atoms. The highest BCUT2D eigenvalue weighted by Gasteiger charge is 2.16. The highest BCUT2D eigenvalue weighted by atomic mass is 16.5. The summed E-state index contributed by atoms with van der Waals surface area (Å²) in [7, 11) is 3.20. The summed E-state index contributed by atoms with van der Waals surface area (Å²) in [6, 6.07) is 9.52. The molecule has 140 valence electrons. The van der Waals surface area contributed by atoms with Gasteiger partial charge in [-0.15, -0.1) is 0 Å². The number of methoxy groups -OCH3 is 2. The number of ether oxygens (including phenoxy) is 3. The van der Waals surface area contributed by atoms with Gasteiger partial charge in [-0.25, -0.2) is 0 Å². The van der Waals surface area contributed by atoms with Crippen molar-refractivity contribution in [2.45, 2.75) is 33.7 Å². The first kappa shape index (κ1) is 19.6. The molecule has 5 nitrogen and oxygen atoms in total. The lowest BCUT2D eigenvalue weighted by Gasteiger charge is -2.19. The minimum Gasteiger partial charge on any atom is -0.493 e. The van der Waals surface area contributed by atoms with Crippen LogP contribution < -0.4 is 19.5 Å². The van der Waals surface area contributed by atoms with Crippen LogP contribution in [0.5, 0.6) is 17.2 Å². The van der Waals surface area contributed by atoms with Gasteiger partial charge in [0.15, 0.2) is 18.1 Å². The molecule has 0 spiro atoms. The summed E-state index contributed by atoms with van der Waals surface area (Å²) in [5.74, 6) is 1.84. The zero-order valence-corrected chi connectivity index (χ0v) is 16.3. The third-order valence-corrected chi connectivity index (χ3v) is 4.18. The third-order valence-electron chi connectivity index (χ3n) is 4.18. The topological polar surface area (TPSA) is 56.8 Å². The van der Waals surface area contributed by atoms with Crippen molar-refractivity contribution < 1.29 is 19.0 Å². The summed E-state index contributed by atoms with van der Waals surface area (Å²) in [6.45, 7) is 7.89. The second kappa shape index (κ2) is 8.61. The molecule has 0 fully saturated rings. The van der Waals surface area contributed by atoms with Crippen molar-refractivity contribution in [3.63, 3.8) is 0 Å². The molecule has 1 unspecified atom stereocenters. The Hall–Kier alpha value is -2.69. The quantitative estimate of drug-likeness (QED) is 0.817. The van der Waals surface area contributed by atoms with Crippen LogP contribution in [0.1, 0.15) is 35.2 Å². The number of benzene rings is 2. The lowest BCUT2D eigenvalue weighted by atomic mass is 10.0. The van der Waals surface area contributed by atoms with Crippen LogP contribution in [0.4, 0.5) is 0 Å². The lowest BCUT2D eigenvalue weighted by Crippen LogP contribution is -2.31. The van der Waals surface area contributed by atoms with Gasteiger partial charge >= 0.3 is 0 Å². The number of nitrogens with one attached hydrogen (secondary N) is 1. The van der Waals surface area contributed by atoms with Gasteiger partial charge in [0, 0.05) is 0 Å². The van der Waals surface area contributed by atoms with Crippen LogP contribution in [-0.4, -0.2) is 26.7 Å². The van der Waals surface area contributed by atoms with Crippen LogP contribution >= 0.6 is 0 Å². The molecular weight excluding hydrogens is 330 g/mol. The van der Waals surface area contributed by atoms with E-state index in [1.54, 1.807) is 14.2 Å². The molecular formula is C21H27NO4. The van der Waals surface area contributed by atoms with E-state index in [1.165, 1.54) is 0 Å². The molecule has 0 aliphatic heterocycles. The van der Waals surface area contributed by atoms with E-state index in [-0.39, 0.29) is 18.6 Å². The van der Waals surface area contributed by atoms with Crippen molar-refractivity contribution in [2.75, 3.05) is 20.8 Å². The average molecular weight is 357 g/mol. The average Bonchev–Trinajstić information content (AvgIpc) is 2.58. The predicted octanol–water partition coefficient (Wildman–Crippen LogP) is 3.89.